The van der Waals surface area contributed by atoms with Crippen LogP contribution in [-0.4, -0.2) is 7.05 Å². The second kappa shape index (κ2) is 7.28. The Labute approximate surface area is 128 Å². The van der Waals surface area contributed by atoms with Gasteiger partial charge in [-0.25, -0.2) is 0 Å². The summed E-state index contributed by atoms with van der Waals surface area (Å²) >= 11 is 0. The average molecular weight is 283 g/mol. The standard InChI is InChI=1S/C19H25NO/c1-14(2)18-9-8-15(3)10-19(18)21-13-17-7-5-6-16(11-17)12-20-4/h5-11,14,20H,12-13H2,1-4H3. The zero-order valence-corrected chi connectivity index (χ0v) is 13.4. The van der Waals surface area contributed by atoms with Gasteiger partial charge in [0.15, 0.2) is 0 Å². The van der Waals surface area contributed by atoms with Crippen LogP contribution in [0.15, 0.2) is 42.5 Å². The Kier molecular flexibility index (Phi) is 5.40. The molecule has 0 unspecified atom stereocenters. The molecule has 2 aromatic rings. The van der Waals surface area contributed by atoms with Gasteiger partial charge in [-0.1, -0.05) is 50.2 Å². The van der Waals surface area contributed by atoms with Gasteiger partial charge < -0.3 is 10.1 Å². The highest BCUT2D eigenvalue weighted by atomic mass is 16.5. The van der Waals surface area contributed by atoms with E-state index >= 15 is 0 Å². The molecule has 2 rings (SSSR count). The third kappa shape index (κ3) is 4.33. The van der Waals surface area contributed by atoms with Crippen molar-refractivity contribution in [2.45, 2.75) is 39.8 Å². The molecular weight excluding hydrogens is 258 g/mol. The van der Waals surface area contributed by atoms with Crippen LogP contribution >= 0.6 is 0 Å². The molecule has 2 heteroatoms. The molecule has 0 saturated carbocycles. The highest BCUT2D eigenvalue weighted by Gasteiger charge is 2.08. The predicted molar refractivity (Wildman–Crippen MR) is 88.8 cm³/mol. The fourth-order valence-corrected chi connectivity index (χ4v) is 2.44. The topological polar surface area (TPSA) is 21.3 Å². The minimum absolute atomic E-state index is 0.469. The van der Waals surface area contributed by atoms with Crippen molar-refractivity contribution >= 4 is 0 Å². The minimum Gasteiger partial charge on any atom is -0.489 e. The monoisotopic (exact) mass is 283 g/mol. The maximum Gasteiger partial charge on any atom is 0.123 e. The number of benzene rings is 2. The summed E-state index contributed by atoms with van der Waals surface area (Å²) in [7, 11) is 1.96. The summed E-state index contributed by atoms with van der Waals surface area (Å²) in [5.41, 5.74) is 5.00. The van der Waals surface area contributed by atoms with Crippen molar-refractivity contribution in [1.82, 2.24) is 5.32 Å². The second-order valence-corrected chi connectivity index (χ2v) is 5.83. The Morgan fingerprint density at radius 2 is 1.81 bits per heavy atom. The van der Waals surface area contributed by atoms with Crippen LogP contribution in [0.3, 0.4) is 0 Å². The molecule has 1 N–H and O–H groups in total. The summed E-state index contributed by atoms with van der Waals surface area (Å²) in [6.07, 6.45) is 0. The van der Waals surface area contributed by atoms with E-state index in [2.05, 4.69) is 68.6 Å². The first-order valence-electron chi connectivity index (χ1n) is 7.56. The lowest BCUT2D eigenvalue weighted by molar-refractivity contribution is 0.301. The second-order valence-electron chi connectivity index (χ2n) is 5.83. The quantitative estimate of drug-likeness (QED) is 0.847. The van der Waals surface area contributed by atoms with E-state index in [4.69, 9.17) is 4.74 Å². The smallest absolute Gasteiger partial charge is 0.123 e. The maximum absolute atomic E-state index is 6.08. The van der Waals surface area contributed by atoms with E-state index in [1.165, 1.54) is 22.3 Å². The van der Waals surface area contributed by atoms with Crippen molar-refractivity contribution in [2.75, 3.05) is 7.05 Å². The first-order chi connectivity index (χ1) is 10.1. The fourth-order valence-electron chi connectivity index (χ4n) is 2.44. The van der Waals surface area contributed by atoms with Crippen LogP contribution in [0, 0.1) is 6.92 Å². The molecule has 112 valence electrons. The summed E-state index contributed by atoms with van der Waals surface area (Å²) in [5.74, 6) is 1.47. The van der Waals surface area contributed by atoms with Gasteiger partial charge in [-0.2, -0.15) is 0 Å². The number of aryl methyl sites for hydroxylation is 1. The van der Waals surface area contributed by atoms with Crippen molar-refractivity contribution in [2.24, 2.45) is 0 Å². The Morgan fingerprint density at radius 1 is 1.05 bits per heavy atom. The molecule has 0 aliphatic rings. The van der Waals surface area contributed by atoms with Crippen LogP contribution in [0.2, 0.25) is 0 Å². The van der Waals surface area contributed by atoms with Gasteiger partial charge in [-0.3, -0.25) is 0 Å². The molecule has 0 atom stereocenters. The highest BCUT2D eigenvalue weighted by molar-refractivity contribution is 5.39. The van der Waals surface area contributed by atoms with E-state index in [0.29, 0.717) is 12.5 Å². The van der Waals surface area contributed by atoms with Crippen LogP contribution in [0.25, 0.3) is 0 Å². The Bertz CT molecular complexity index is 590. The van der Waals surface area contributed by atoms with E-state index in [0.717, 1.165) is 12.3 Å². The molecule has 0 saturated heterocycles. The molecule has 0 aliphatic heterocycles. The molecule has 21 heavy (non-hydrogen) atoms. The van der Waals surface area contributed by atoms with Crippen LogP contribution in [0.5, 0.6) is 5.75 Å². The zero-order valence-electron chi connectivity index (χ0n) is 13.4. The molecule has 0 heterocycles. The molecule has 0 fully saturated rings. The first kappa shape index (κ1) is 15.6. The van der Waals surface area contributed by atoms with Crippen LogP contribution in [0.4, 0.5) is 0 Å². The van der Waals surface area contributed by atoms with Gasteiger partial charge in [-0.05, 0) is 48.2 Å². The predicted octanol–water partition coefficient (Wildman–Crippen LogP) is 4.42. The van der Waals surface area contributed by atoms with E-state index in [9.17, 15) is 0 Å². The molecular formula is C19H25NO. The van der Waals surface area contributed by atoms with Crippen molar-refractivity contribution in [3.63, 3.8) is 0 Å². The lowest BCUT2D eigenvalue weighted by Crippen LogP contribution is -2.06. The van der Waals surface area contributed by atoms with E-state index < -0.39 is 0 Å². The van der Waals surface area contributed by atoms with Crippen molar-refractivity contribution in [3.8, 4) is 5.75 Å². The van der Waals surface area contributed by atoms with Gasteiger partial charge in [0.2, 0.25) is 0 Å². The van der Waals surface area contributed by atoms with Crippen molar-refractivity contribution in [1.29, 1.82) is 0 Å². The average Bonchev–Trinajstić information content (AvgIpc) is 2.45. The minimum atomic E-state index is 0.469. The normalized spacial score (nSPS) is 10.9. The number of hydrogen-bond donors (Lipinski definition) is 1. The van der Waals surface area contributed by atoms with Gasteiger partial charge >= 0.3 is 0 Å². The van der Waals surface area contributed by atoms with Gasteiger partial charge in [0, 0.05) is 6.54 Å². The Hall–Kier alpha value is -1.80. The molecule has 0 bridgehead atoms. The molecule has 2 aromatic carbocycles. The summed E-state index contributed by atoms with van der Waals surface area (Å²) < 4.78 is 6.08. The Morgan fingerprint density at radius 3 is 2.52 bits per heavy atom. The summed E-state index contributed by atoms with van der Waals surface area (Å²) in [4.78, 5) is 0. The van der Waals surface area contributed by atoms with Gasteiger partial charge in [0.1, 0.15) is 12.4 Å². The number of hydrogen-bond acceptors (Lipinski definition) is 2. The zero-order chi connectivity index (χ0) is 15.2. The van der Waals surface area contributed by atoms with Gasteiger partial charge in [0.05, 0.1) is 0 Å². The summed E-state index contributed by atoms with van der Waals surface area (Å²) in [5, 5.41) is 3.18. The highest BCUT2D eigenvalue weighted by Crippen LogP contribution is 2.28. The molecule has 0 spiro atoms. The lowest BCUT2D eigenvalue weighted by Gasteiger charge is -2.15. The van der Waals surface area contributed by atoms with Crippen LogP contribution in [-0.2, 0) is 13.2 Å². The molecule has 0 amide bonds. The first-order valence-corrected chi connectivity index (χ1v) is 7.56. The van der Waals surface area contributed by atoms with Gasteiger partial charge in [0.25, 0.3) is 0 Å². The van der Waals surface area contributed by atoms with E-state index in [-0.39, 0.29) is 0 Å². The SMILES string of the molecule is CNCc1cccc(COc2cc(C)ccc2C(C)C)c1. The fraction of sp³-hybridized carbons (Fsp3) is 0.368. The molecule has 0 radical (unpaired) electrons. The third-order valence-corrected chi connectivity index (χ3v) is 3.56. The summed E-state index contributed by atoms with van der Waals surface area (Å²) in [6.45, 7) is 8.00. The van der Waals surface area contributed by atoms with E-state index in [1.807, 2.05) is 7.05 Å². The number of rotatable bonds is 6. The van der Waals surface area contributed by atoms with Crippen LogP contribution < -0.4 is 10.1 Å². The van der Waals surface area contributed by atoms with Crippen molar-refractivity contribution in [3.05, 3.63) is 64.7 Å². The lowest BCUT2D eigenvalue weighted by atomic mass is 10.0. The third-order valence-electron chi connectivity index (χ3n) is 3.56. The molecule has 0 aromatic heterocycles. The van der Waals surface area contributed by atoms with Gasteiger partial charge in [-0.15, -0.1) is 0 Å². The largest absolute Gasteiger partial charge is 0.489 e. The molecule has 2 nitrogen and oxygen atoms in total. The van der Waals surface area contributed by atoms with Crippen molar-refractivity contribution < 1.29 is 4.74 Å². The number of ether oxygens (including phenoxy) is 1. The number of nitrogens with one attached hydrogen (secondary N) is 1. The van der Waals surface area contributed by atoms with Crippen LogP contribution in [0.1, 0.15) is 42.0 Å². The maximum atomic E-state index is 6.08. The molecule has 0 aliphatic carbocycles. The summed E-state index contributed by atoms with van der Waals surface area (Å²) in [6, 6.07) is 15.0. The van der Waals surface area contributed by atoms with E-state index in [1.54, 1.807) is 0 Å². The Balaban J connectivity index is 2.12.